The van der Waals surface area contributed by atoms with E-state index >= 15 is 0 Å². The van der Waals surface area contributed by atoms with Crippen LogP contribution in [0.15, 0.2) is 4.99 Å². The fourth-order valence-corrected chi connectivity index (χ4v) is 3.70. The summed E-state index contributed by atoms with van der Waals surface area (Å²) in [5.41, 5.74) is 0.421. The molecule has 1 saturated heterocycles. The predicted molar refractivity (Wildman–Crippen MR) is 95.5 cm³/mol. The molecule has 0 unspecified atom stereocenters. The van der Waals surface area contributed by atoms with E-state index in [-0.39, 0.29) is 11.8 Å². The Morgan fingerprint density at radius 2 is 1.87 bits per heavy atom. The number of amides is 1. The molecular formula is C18H34N4O. The monoisotopic (exact) mass is 322 g/mol. The second kappa shape index (κ2) is 8.02. The van der Waals surface area contributed by atoms with Gasteiger partial charge < -0.3 is 15.5 Å². The van der Waals surface area contributed by atoms with E-state index in [0.717, 1.165) is 38.4 Å². The molecule has 0 atom stereocenters. The van der Waals surface area contributed by atoms with Crippen LogP contribution in [0.25, 0.3) is 0 Å². The molecular weight excluding hydrogens is 288 g/mol. The number of nitrogens with one attached hydrogen (secondary N) is 2. The number of aliphatic imine (C=N–C) groups is 1. The average Bonchev–Trinajstić information content (AvgIpc) is 2.98. The van der Waals surface area contributed by atoms with E-state index in [1.807, 2.05) is 25.8 Å². The summed E-state index contributed by atoms with van der Waals surface area (Å²) >= 11 is 0. The van der Waals surface area contributed by atoms with Crippen LogP contribution in [-0.4, -0.2) is 49.5 Å². The standard InChI is InChI=1S/C18H34N4O/c1-14(2)16(23)22-11-7-15(8-12-22)21-17(19-4)20-13-18(3)9-5-6-10-18/h14-15H,5-13H2,1-4H3,(H2,19,20,21). The van der Waals surface area contributed by atoms with E-state index in [9.17, 15) is 4.79 Å². The van der Waals surface area contributed by atoms with Crippen LogP contribution in [0.3, 0.4) is 0 Å². The first-order chi connectivity index (χ1) is 10.9. The molecule has 0 bridgehead atoms. The minimum Gasteiger partial charge on any atom is -0.356 e. The van der Waals surface area contributed by atoms with Crippen LogP contribution in [0.4, 0.5) is 0 Å². The SMILES string of the molecule is CN=C(NCC1(C)CCCC1)NC1CCN(C(=O)C(C)C)CC1. The number of nitrogens with zero attached hydrogens (tertiary/aromatic N) is 2. The van der Waals surface area contributed by atoms with Crippen molar-refractivity contribution in [1.29, 1.82) is 0 Å². The molecule has 23 heavy (non-hydrogen) atoms. The lowest BCUT2D eigenvalue weighted by atomic mass is 9.89. The molecule has 1 heterocycles. The number of piperidine rings is 1. The molecule has 2 rings (SSSR count). The molecule has 0 radical (unpaired) electrons. The van der Waals surface area contributed by atoms with E-state index in [1.165, 1.54) is 25.7 Å². The fourth-order valence-electron chi connectivity index (χ4n) is 3.70. The first-order valence-corrected chi connectivity index (χ1v) is 9.19. The highest BCUT2D eigenvalue weighted by Crippen LogP contribution is 2.36. The van der Waals surface area contributed by atoms with Gasteiger partial charge in [0.15, 0.2) is 5.96 Å². The van der Waals surface area contributed by atoms with Crippen LogP contribution in [-0.2, 0) is 4.79 Å². The summed E-state index contributed by atoms with van der Waals surface area (Å²) in [6.07, 6.45) is 7.32. The van der Waals surface area contributed by atoms with Crippen molar-refractivity contribution >= 4 is 11.9 Å². The molecule has 1 aliphatic heterocycles. The molecule has 1 aliphatic carbocycles. The van der Waals surface area contributed by atoms with Crippen molar-refractivity contribution in [2.24, 2.45) is 16.3 Å². The summed E-state index contributed by atoms with van der Waals surface area (Å²) in [5.74, 6) is 1.29. The third-order valence-electron chi connectivity index (χ3n) is 5.36. The van der Waals surface area contributed by atoms with Crippen LogP contribution >= 0.6 is 0 Å². The Hall–Kier alpha value is -1.26. The van der Waals surface area contributed by atoms with Gasteiger partial charge in [0.2, 0.25) is 5.91 Å². The Labute approximate surface area is 141 Å². The van der Waals surface area contributed by atoms with E-state index < -0.39 is 0 Å². The molecule has 5 nitrogen and oxygen atoms in total. The molecule has 2 fully saturated rings. The number of carbonyl (C=O) groups is 1. The molecule has 0 spiro atoms. The van der Waals surface area contributed by atoms with Crippen LogP contribution in [0.1, 0.15) is 59.3 Å². The van der Waals surface area contributed by atoms with Crippen LogP contribution in [0.5, 0.6) is 0 Å². The van der Waals surface area contributed by atoms with Gasteiger partial charge in [0.05, 0.1) is 0 Å². The van der Waals surface area contributed by atoms with Crippen molar-refractivity contribution in [2.45, 2.75) is 65.3 Å². The molecule has 2 aliphatic rings. The molecule has 2 N–H and O–H groups in total. The van der Waals surface area contributed by atoms with Crippen molar-refractivity contribution in [3.63, 3.8) is 0 Å². The largest absolute Gasteiger partial charge is 0.356 e. The minimum absolute atomic E-state index is 0.0982. The number of guanidine groups is 1. The van der Waals surface area contributed by atoms with Crippen molar-refractivity contribution < 1.29 is 4.79 Å². The lowest BCUT2D eigenvalue weighted by molar-refractivity contribution is -0.135. The van der Waals surface area contributed by atoms with Crippen molar-refractivity contribution in [2.75, 3.05) is 26.7 Å². The predicted octanol–water partition coefficient (Wildman–Crippen LogP) is 2.38. The molecule has 5 heteroatoms. The van der Waals surface area contributed by atoms with E-state index in [4.69, 9.17) is 0 Å². The molecule has 132 valence electrons. The van der Waals surface area contributed by atoms with Gasteiger partial charge in [0, 0.05) is 38.6 Å². The van der Waals surface area contributed by atoms with E-state index in [1.54, 1.807) is 0 Å². The third kappa shape index (κ3) is 5.11. The summed E-state index contributed by atoms with van der Waals surface area (Å²) in [5, 5.41) is 7.05. The summed E-state index contributed by atoms with van der Waals surface area (Å²) in [7, 11) is 1.84. The highest BCUT2D eigenvalue weighted by Gasteiger charge is 2.29. The van der Waals surface area contributed by atoms with Gasteiger partial charge in [0.25, 0.3) is 0 Å². The number of hydrogen-bond donors (Lipinski definition) is 2. The molecule has 0 aromatic rings. The van der Waals surface area contributed by atoms with Gasteiger partial charge in [-0.15, -0.1) is 0 Å². The first kappa shape index (κ1) is 18.1. The number of carbonyl (C=O) groups excluding carboxylic acids is 1. The second-order valence-electron chi connectivity index (χ2n) is 7.84. The third-order valence-corrected chi connectivity index (χ3v) is 5.36. The maximum atomic E-state index is 12.0. The second-order valence-corrected chi connectivity index (χ2v) is 7.84. The number of likely N-dealkylation sites (tertiary alicyclic amines) is 1. The minimum atomic E-state index is 0.0982. The summed E-state index contributed by atoms with van der Waals surface area (Å²) in [6, 6.07) is 0.411. The molecule has 1 amide bonds. The van der Waals surface area contributed by atoms with Gasteiger partial charge in [-0.1, -0.05) is 33.6 Å². The van der Waals surface area contributed by atoms with Gasteiger partial charge in [-0.05, 0) is 31.1 Å². The maximum absolute atomic E-state index is 12.0. The zero-order chi connectivity index (χ0) is 16.9. The van der Waals surface area contributed by atoms with Gasteiger partial charge in [-0.2, -0.15) is 0 Å². The molecule has 0 aromatic carbocycles. The van der Waals surface area contributed by atoms with Gasteiger partial charge in [-0.3, -0.25) is 9.79 Å². The lowest BCUT2D eigenvalue weighted by Crippen LogP contribution is -2.51. The Bertz CT molecular complexity index is 419. The zero-order valence-electron chi connectivity index (χ0n) is 15.3. The Morgan fingerprint density at radius 1 is 1.26 bits per heavy atom. The van der Waals surface area contributed by atoms with Crippen molar-refractivity contribution in [3.05, 3.63) is 0 Å². The Balaban J connectivity index is 1.74. The van der Waals surface area contributed by atoms with Gasteiger partial charge >= 0.3 is 0 Å². The van der Waals surface area contributed by atoms with Crippen LogP contribution in [0, 0.1) is 11.3 Å². The summed E-state index contributed by atoms with van der Waals surface area (Å²) < 4.78 is 0. The smallest absolute Gasteiger partial charge is 0.225 e. The average molecular weight is 322 g/mol. The summed E-state index contributed by atoms with van der Waals surface area (Å²) in [6.45, 7) is 9.02. The highest BCUT2D eigenvalue weighted by molar-refractivity contribution is 5.80. The van der Waals surface area contributed by atoms with Crippen molar-refractivity contribution in [1.82, 2.24) is 15.5 Å². The lowest BCUT2D eigenvalue weighted by Gasteiger charge is -2.34. The van der Waals surface area contributed by atoms with Crippen LogP contribution in [0.2, 0.25) is 0 Å². The van der Waals surface area contributed by atoms with Gasteiger partial charge in [0.1, 0.15) is 0 Å². The van der Waals surface area contributed by atoms with Crippen LogP contribution < -0.4 is 10.6 Å². The topological polar surface area (TPSA) is 56.7 Å². The number of rotatable bonds is 4. The van der Waals surface area contributed by atoms with E-state index in [2.05, 4.69) is 22.5 Å². The fraction of sp³-hybridized carbons (Fsp3) is 0.889. The van der Waals surface area contributed by atoms with Crippen molar-refractivity contribution in [3.8, 4) is 0 Å². The Kier molecular flexibility index (Phi) is 6.31. The van der Waals surface area contributed by atoms with E-state index in [0.29, 0.717) is 11.5 Å². The summed E-state index contributed by atoms with van der Waals surface area (Å²) in [4.78, 5) is 18.4. The Morgan fingerprint density at radius 3 is 2.39 bits per heavy atom. The van der Waals surface area contributed by atoms with Gasteiger partial charge in [-0.25, -0.2) is 0 Å². The number of hydrogen-bond acceptors (Lipinski definition) is 2. The molecule has 1 saturated carbocycles. The zero-order valence-corrected chi connectivity index (χ0v) is 15.3. The quantitative estimate of drug-likeness (QED) is 0.617. The highest BCUT2D eigenvalue weighted by atomic mass is 16.2. The maximum Gasteiger partial charge on any atom is 0.225 e. The first-order valence-electron chi connectivity index (χ1n) is 9.19. The molecule has 0 aromatic heterocycles. The normalized spacial score (nSPS) is 22.5.